The standard InChI is InChI=1S/C15H17ClN4OS/c1-2-12-14(22-19-18-12)15(21)20-7-6-17-9-13(20)10-4-3-5-11(16)8-10/h3-5,8,13,17H,2,6-7,9H2,1H3. The lowest BCUT2D eigenvalue weighted by molar-refractivity contribution is 0.0638. The van der Waals surface area contributed by atoms with Crippen molar-refractivity contribution in [3.63, 3.8) is 0 Å². The van der Waals surface area contributed by atoms with Gasteiger partial charge in [0.1, 0.15) is 4.88 Å². The van der Waals surface area contributed by atoms with Gasteiger partial charge in [-0.1, -0.05) is 35.1 Å². The van der Waals surface area contributed by atoms with Gasteiger partial charge in [0.25, 0.3) is 5.91 Å². The molecule has 7 heteroatoms. The number of nitrogens with one attached hydrogen (secondary N) is 1. The van der Waals surface area contributed by atoms with Crippen molar-refractivity contribution in [3.05, 3.63) is 45.4 Å². The van der Waals surface area contributed by atoms with E-state index < -0.39 is 0 Å². The molecule has 1 unspecified atom stereocenters. The van der Waals surface area contributed by atoms with Crippen molar-refractivity contribution in [2.75, 3.05) is 19.6 Å². The number of carbonyl (C=O) groups is 1. The minimum absolute atomic E-state index is 0.0123. The molecule has 0 bridgehead atoms. The number of amides is 1. The lowest BCUT2D eigenvalue weighted by Gasteiger charge is -2.36. The second kappa shape index (κ2) is 6.73. The highest BCUT2D eigenvalue weighted by atomic mass is 35.5. The van der Waals surface area contributed by atoms with Gasteiger partial charge in [0.15, 0.2) is 0 Å². The van der Waals surface area contributed by atoms with E-state index in [2.05, 4.69) is 14.9 Å². The molecule has 0 radical (unpaired) electrons. The van der Waals surface area contributed by atoms with Crippen molar-refractivity contribution in [2.24, 2.45) is 0 Å². The molecule has 1 aliphatic heterocycles. The smallest absolute Gasteiger partial charge is 0.268 e. The van der Waals surface area contributed by atoms with Crippen LogP contribution in [0.15, 0.2) is 24.3 Å². The third-order valence-electron chi connectivity index (χ3n) is 3.82. The van der Waals surface area contributed by atoms with Crippen LogP contribution in [0.3, 0.4) is 0 Å². The van der Waals surface area contributed by atoms with Gasteiger partial charge < -0.3 is 10.2 Å². The highest BCUT2D eigenvalue weighted by Crippen LogP contribution is 2.27. The molecule has 0 spiro atoms. The average Bonchev–Trinajstić information content (AvgIpc) is 3.03. The number of piperazine rings is 1. The molecule has 0 aliphatic carbocycles. The van der Waals surface area contributed by atoms with Crippen LogP contribution in [-0.2, 0) is 6.42 Å². The maximum Gasteiger partial charge on any atom is 0.268 e. The first kappa shape index (κ1) is 15.4. The number of halogens is 1. The second-order valence-corrected chi connectivity index (χ2v) is 6.37. The molecule has 0 saturated carbocycles. The van der Waals surface area contributed by atoms with Crippen LogP contribution in [0.4, 0.5) is 0 Å². The molecule has 5 nitrogen and oxygen atoms in total. The minimum Gasteiger partial charge on any atom is -0.328 e. The molecular weight excluding hydrogens is 320 g/mol. The van der Waals surface area contributed by atoms with Gasteiger partial charge in [-0.2, -0.15) is 0 Å². The minimum atomic E-state index is -0.0215. The van der Waals surface area contributed by atoms with E-state index in [0.29, 0.717) is 22.9 Å². The van der Waals surface area contributed by atoms with Crippen molar-refractivity contribution in [1.82, 2.24) is 19.8 Å². The normalized spacial score (nSPS) is 18.5. The summed E-state index contributed by atoms with van der Waals surface area (Å²) < 4.78 is 3.93. The summed E-state index contributed by atoms with van der Waals surface area (Å²) in [5, 5.41) is 8.08. The maximum absolute atomic E-state index is 12.9. The van der Waals surface area contributed by atoms with Crippen molar-refractivity contribution >= 4 is 29.0 Å². The number of aromatic nitrogens is 2. The third-order valence-corrected chi connectivity index (χ3v) is 4.81. The summed E-state index contributed by atoms with van der Waals surface area (Å²) in [7, 11) is 0. The van der Waals surface area contributed by atoms with Crippen LogP contribution in [0.2, 0.25) is 5.02 Å². The Morgan fingerprint density at radius 3 is 3.18 bits per heavy atom. The molecule has 2 heterocycles. The van der Waals surface area contributed by atoms with E-state index in [1.165, 1.54) is 11.5 Å². The largest absolute Gasteiger partial charge is 0.328 e. The Balaban J connectivity index is 1.91. The molecule has 1 fully saturated rings. The van der Waals surface area contributed by atoms with E-state index in [-0.39, 0.29) is 11.9 Å². The zero-order valence-corrected chi connectivity index (χ0v) is 13.8. The monoisotopic (exact) mass is 336 g/mol. The van der Waals surface area contributed by atoms with Crippen LogP contribution >= 0.6 is 23.1 Å². The zero-order valence-electron chi connectivity index (χ0n) is 12.3. The van der Waals surface area contributed by atoms with E-state index in [9.17, 15) is 4.79 Å². The summed E-state index contributed by atoms with van der Waals surface area (Å²) in [4.78, 5) is 15.5. The predicted molar refractivity (Wildman–Crippen MR) is 87.4 cm³/mol. The molecule has 1 aromatic carbocycles. The summed E-state index contributed by atoms with van der Waals surface area (Å²) in [6.45, 7) is 4.16. The van der Waals surface area contributed by atoms with E-state index in [0.717, 1.165) is 24.3 Å². The predicted octanol–water partition coefficient (Wildman–Crippen LogP) is 2.54. The lowest BCUT2D eigenvalue weighted by Crippen LogP contribution is -2.48. The number of nitrogens with zero attached hydrogens (tertiary/aromatic N) is 3. The number of aryl methyl sites for hydroxylation is 1. The topological polar surface area (TPSA) is 58.1 Å². The molecule has 1 aliphatic rings. The van der Waals surface area contributed by atoms with E-state index >= 15 is 0 Å². The molecule has 1 aromatic heterocycles. The Morgan fingerprint density at radius 2 is 2.41 bits per heavy atom. The first-order valence-corrected chi connectivity index (χ1v) is 8.44. The fraction of sp³-hybridized carbons (Fsp3) is 0.400. The molecule has 1 N–H and O–H groups in total. The highest BCUT2D eigenvalue weighted by molar-refractivity contribution is 7.08. The van der Waals surface area contributed by atoms with Crippen LogP contribution in [-0.4, -0.2) is 40.0 Å². The van der Waals surface area contributed by atoms with Gasteiger partial charge in [-0.3, -0.25) is 4.79 Å². The van der Waals surface area contributed by atoms with E-state index in [4.69, 9.17) is 11.6 Å². The van der Waals surface area contributed by atoms with Crippen molar-refractivity contribution in [3.8, 4) is 0 Å². The van der Waals surface area contributed by atoms with Gasteiger partial charge in [0.05, 0.1) is 11.7 Å². The molecule has 2 aromatic rings. The Kier molecular flexibility index (Phi) is 4.71. The fourth-order valence-corrected chi connectivity index (χ4v) is 3.60. The number of rotatable bonds is 3. The van der Waals surface area contributed by atoms with E-state index in [1.54, 1.807) is 0 Å². The van der Waals surface area contributed by atoms with Gasteiger partial charge in [-0.15, -0.1) is 5.10 Å². The first-order valence-electron chi connectivity index (χ1n) is 7.29. The summed E-state index contributed by atoms with van der Waals surface area (Å²) in [6.07, 6.45) is 0.714. The van der Waals surface area contributed by atoms with Gasteiger partial charge in [-0.25, -0.2) is 0 Å². The average molecular weight is 337 g/mol. The third kappa shape index (κ3) is 2.99. The summed E-state index contributed by atoms with van der Waals surface area (Å²) >= 11 is 7.27. The van der Waals surface area contributed by atoms with Crippen molar-refractivity contribution in [2.45, 2.75) is 19.4 Å². The van der Waals surface area contributed by atoms with Crippen LogP contribution < -0.4 is 5.32 Å². The van der Waals surface area contributed by atoms with Gasteiger partial charge in [-0.05, 0) is 35.6 Å². The van der Waals surface area contributed by atoms with Crippen LogP contribution in [0, 0.1) is 0 Å². The van der Waals surface area contributed by atoms with E-state index in [1.807, 2.05) is 36.1 Å². The Labute approximate surface area is 138 Å². The molecule has 3 rings (SSSR count). The summed E-state index contributed by atoms with van der Waals surface area (Å²) in [5.74, 6) is 0.0123. The number of hydrogen-bond donors (Lipinski definition) is 1. The zero-order chi connectivity index (χ0) is 15.5. The first-order chi connectivity index (χ1) is 10.7. The number of benzene rings is 1. The summed E-state index contributed by atoms with van der Waals surface area (Å²) in [5.41, 5.74) is 1.82. The lowest BCUT2D eigenvalue weighted by atomic mass is 10.0. The quantitative estimate of drug-likeness (QED) is 0.935. The Bertz CT molecular complexity index is 675. The molecule has 22 heavy (non-hydrogen) atoms. The Morgan fingerprint density at radius 1 is 1.55 bits per heavy atom. The van der Waals surface area contributed by atoms with Crippen molar-refractivity contribution in [1.29, 1.82) is 0 Å². The van der Waals surface area contributed by atoms with Gasteiger partial charge in [0.2, 0.25) is 0 Å². The number of hydrogen-bond acceptors (Lipinski definition) is 5. The van der Waals surface area contributed by atoms with Crippen LogP contribution in [0.5, 0.6) is 0 Å². The van der Waals surface area contributed by atoms with Crippen molar-refractivity contribution < 1.29 is 4.79 Å². The second-order valence-electron chi connectivity index (χ2n) is 5.18. The van der Waals surface area contributed by atoms with Crippen LogP contribution in [0.25, 0.3) is 0 Å². The molecule has 116 valence electrons. The maximum atomic E-state index is 12.9. The highest BCUT2D eigenvalue weighted by Gasteiger charge is 2.31. The fourth-order valence-electron chi connectivity index (χ4n) is 2.69. The Hall–Kier alpha value is -1.50. The molecule has 1 atom stereocenters. The van der Waals surface area contributed by atoms with Crippen LogP contribution in [0.1, 0.15) is 33.9 Å². The van der Waals surface area contributed by atoms with Gasteiger partial charge in [0, 0.05) is 24.7 Å². The summed E-state index contributed by atoms with van der Waals surface area (Å²) in [6, 6.07) is 7.67. The SMILES string of the molecule is CCc1nnsc1C(=O)N1CCNCC1c1cccc(Cl)c1. The molecule has 1 amide bonds. The molecular formula is C15H17ClN4OS. The number of carbonyl (C=O) groups excluding carboxylic acids is 1. The molecule has 1 saturated heterocycles. The van der Waals surface area contributed by atoms with Gasteiger partial charge >= 0.3 is 0 Å².